The van der Waals surface area contributed by atoms with E-state index in [2.05, 4.69) is 50.5 Å². The highest BCUT2D eigenvalue weighted by Crippen LogP contribution is 2.33. The molecule has 0 radical (unpaired) electrons. The summed E-state index contributed by atoms with van der Waals surface area (Å²) in [6, 6.07) is 14.3. The number of nitrogens with zero attached hydrogens (tertiary/aromatic N) is 3. The maximum atomic E-state index is 6.18. The number of hydrogen-bond acceptors (Lipinski definition) is 7. The summed E-state index contributed by atoms with van der Waals surface area (Å²) < 4.78 is 10.7. The molecule has 2 heterocycles. The topological polar surface area (TPSA) is 85.5 Å². The van der Waals surface area contributed by atoms with Gasteiger partial charge in [-0.1, -0.05) is 30.3 Å². The zero-order valence-electron chi connectivity index (χ0n) is 17.6. The van der Waals surface area contributed by atoms with Gasteiger partial charge in [0, 0.05) is 31.1 Å². The Bertz CT molecular complexity index is 996. The predicted octanol–water partition coefficient (Wildman–Crippen LogP) is 3.21. The lowest BCUT2D eigenvalue weighted by molar-refractivity contribution is 0.330. The van der Waals surface area contributed by atoms with Crippen LogP contribution in [0.25, 0.3) is 10.9 Å². The van der Waals surface area contributed by atoms with Gasteiger partial charge in [0.15, 0.2) is 11.5 Å². The van der Waals surface area contributed by atoms with Crippen molar-refractivity contribution in [2.45, 2.75) is 12.8 Å². The molecular weight excluding hydrogens is 378 g/mol. The number of benzene rings is 2. The summed E-state index contributed by atoms with van der Waals surface area (Å²) in [5.41, 5.74) is 8.31. The van der Waals surface area contributed by atoms with Crippen LogP contribution < -0.4 is 20.5 Å². The first kappa shape index (κ1) is 20.2. The Balaban J connectivity index is 1.35. The lowest BCUT2D eigenvalue weighted by atomic mass is 10.1. The van der Waals surface area contributed by atoms with Crippen molar-refractivity contribution in [2.75, 3.05) is 51.4 Å². The van der Waals surface area contributed by atoms with Gasteiger partial charge in [-0.15, -0.1) is 0 Å². The zero-order valence-corrected chi connectivity index (χ0v) is 17.6. The summed E-state index contributed by atoms with van der Waals surface area (Å²) in [6.45, 7) is 4.16. The highest BCUT2D eigenvalue weighted by atomic mass is 16.5. The lowest BCUT2D eigenvalue weighted by Gasteiger charge is -2.16. The molecule has 7 heteroatoms. The van der Waals surface area contributed by atoms with E-state index in [4.69, 9.17) is 15.2 Å². The maximum absolute atomic E-state index is 6.18. The Morgan fingerprint density at radius 2 is 1.87 bits per heavy atom. The predicted molar refractivity (Wildman–Crippen MR) is 120 cm³/mol. The zero-order chi connectivity index (χ0) is 20.9. The van der Waals surface area contributed by atoms with Gasteiger partial charge < -0.3 is 25.4 Å². The summed E-state index contributed by atoms with van der Waals surface area (Å²) in [5.74, 6) is 2.79. The van der Waals surface area contributed by atoms with Crippen LogP contribution in [0.1, 0.15) is 12.0 Å². The van der Waals surface area contributed by atoms with Crippen LogP contribution >= 0.6 is 0 Å². The first-order chi connectivity index (χ1) is 14.7. The van der Waals surface area contributed by atoms with Gasteiger partial charge in [0.2, 0.25) is 5.95 Å². The quantitative estimate of drug-likeness (QED) is 0.593. The SMILES string of the molecule is COc1cc2nc(NCC3CCN(CCc4ccccc4)C3)nc(N)c2cc1OC. The van der Waals surface area contributed by atoms with Crippen molar-refractivity contribution in [1.82, 2.24) is 14.9 Å². The third-order valence-corrected chi connectivity index (χ3v) is 5.71. The van der Waals surface area contributed by atoms with E-state index in [9.17, 15) is 0 Å². The average molecular weight is 408 g/mol. The Morgan fingerprint density at radius 3 is 2.63 bits per heavy atom. The Labute approximate surface area is 177 Å². The average Bonchev–Trinajstić information content (AvgIpc) is 3.24. The van der Waals surface area contributed by atoms with Crippen molar-refractivity contribution in [3.05, 3.63) is 48.0 Å². The van der Waals surface area contributed by atoms with Gasteiger partial charge in [-0.05, 0) is 36.9 Å². The van der Waals surface area contributed by atoms with Crippen molar-refractivity contribution in [3.8, 4) is 11.5 Å². The number of fused-ring (bicyclic) bond motifs is 1. The van der Waals surface area contributed by atoms with Crippen molar-refractivity contribution in [2.24, 2.45) is 5.92 Å². The van der Waals surface area contributed by atoms with E-state index in [1.807, 2.05) is 12.1 Å². The van der Waals surface area contributed by atoms with Crippen LogP contribution in [0.5, 0.6) is 11.5 Å². The molecule has 0 saturated carbocycles. The smallest absolute Gasteiger partial charge is 0.225 e. The summed E-state index contributed by atoms with van der Waals surface area (Å²) >= 11 is 0. The van der Waals surface area contributed by atoms with Crippen molar-refractivity contribution in [1.29, 1.82) is 0 Å². The van der Waals surface area contributed by atoms with Gasteiger partial charge in [0.05, 0.1) is 19.7 Å². The molecule has 2 aromatic carbocycles. The van der Waals surface area contributed by atoms with Crippen LogP contribution in [0.3, 0.4) is 0 Å². The maximum Gasteiger partial charge on any atom is 0.225 e. The molecule has 1 atom stereocenters. The van der Waals surface area contributed by atoms with E-state index in [0.29, 0.717) is 29.2 Å². The van der Waals surface area contributed by atoms with E-state index in [-0.39, 0.29) is 0 Å². The minimum Gasteiger partial charge on any atom is -0.493 e. The normalized spacial score (nSPS) is 16.7. The van der Waals surface area contributed by atoms with Crippen molar-refractivity contribution in [3.63, 3.8) is 0 Å². The molecule has 0 bridgehead atoms. The van der Waals surface area contributed by atoms with E-state index < -0.39 is 0 Å². The van der Waals surface area contributed by atoms with Gasteiger partial charge in [0.25, 0.3) is 0 Å². The molecule has 0 aliphatic carbocycles. The summed E-state index contributed by atoms with van der Waals surface area (Å²) in [4.78, 5) is 11.6. The highest BCUT2D eigenvalue weighted by Gasteiger charge is 2.22. The molecule has 7 nitrogen and oxygen atoms in total. The molecule has 158 valence electrons. The number of nitrogens with two attached hydrogens (primary N) is 1. The molecule has 1 aliphatic rings. The van der Waals surface area contributed by atoms with Crippen LogP contribution in [-0.4, -0.2) is 55.3 Å². The van der Waals surface area contributed by atoms with Gasteiger partial charge in [-0.2, -0.15) is 4.98 Å². The summed E-state index contributed by atoms with van der Waals surface area (Å²) in [6.07, 6.45) is 2.27. The second-order valence-corrected chi connectivity index (χ2v) is 7.73. The molecule has 0 amide bonds. The second kappa shape index (κ2) is 9.17. The lowest BCUT2D eigenvalue weighted by Crippen LogP contribution is -2.25. The van der Waals surface area contributed by atoms with E-state index in [1.54, 1.807) is 14.2 Å². The van der Waals surface area contributed by atoms with E-state index in [0.717, 1.165) is 43.5 Å². The standard InChI is InChI=1S/C23H29N5O2/c1-29-20-12-18-19(13-21(20)30-2)26-23(27-22(18)24)25-14-17-9-11-28(15-17)10-8-16-6-4-3-5-7-16/h3-7,12-13,17H,8-11,14-15H2,1-2H3,(H3,24,25,26,27). The molecule has 3 aromatic rings. The largest absolute Gasteiger partial charge is 0.493 e. The fourth-order valence-corrected chi connectivity index (χ4v) is 4.01. The minimum atomic E-state index is 0.430. The molecule has 0 spiro atoms. The van der Waals surface area contributed by atoms with Gasteiger partial charge in [0.1, 0.15) is 5.82 Å². The fourth-order valence-electron chi connectivity index (χ4n) is 4.01. The van der Waals surface area contributed by atoms with Crippen LogP contribution in [0.15, 0.2) is 42.5 Å². The molecule has 1 saturated heterocycles. The third-order valence-electron chi connectivity index (χ3n) is 5.71. The molecular formula is C23H29N5O2. The monoisotopic (exact) mass is 407 g/mol. The highest BCUT2D eigenvalue weighted by molar-refractivity contribution is 5.91. The Morgan fingerprint density at radius 1 is 1.10 bits per heavy atom. The van der Waals surface area contributed by atoms with Crippen LogP contribution in [0.4, 0.5) is 11.8 Å². The molecule has 1 fully saturated rings. The van der Waals surface area contributed by atoms with Crippen molar-refractivity contribution >= 4 is 22.7 Å². The fraction of sp³-hybridized carbons (Fsp3) is 0.391. The summed E-state index contributed by atoms with van der Waals surface area (Å²) in [5, 5.41) is 4.13. The molecule has 30 heavy (non-hydrogen) atoms. The van der Waals surface area contributed by atoms with Crippen LogP contribution in [0.2, 0.25) is 0 Å². The number of hydrogen-bond donors (Lipinski definition) is 2. The molecule has 3 N–H and O–H groups in total. The molecule has 4 rings (SSSR count). The number of aromatic nitrogens is 2. The first-order valence-corrected chi connectivity index (χ1v) is 10.4. The van der Waals surface area contributed by atoms with Crippen molar-refractivity contribution < 1.29 is 9.47 Å². The van der Waals surface area contributed by atoms with Crippen LogP contribution in [-0.2, 0) is 6.42 Å². The molecule has 1 aliphatic heterocycles. The number of likely N-dealkylation sites (tertiary alicyclic amines) is 1. The Kier molecular flexibility index (Phi) is 6.18. The van der Waals surface area contributed by atoms with Gasteiger partial charge >= 0.3 is 0 Å². The number of rotatable bonds is 8. The van der Waals surface area contributed by atoms with Gasteiger partial charge in [-0.3, -0.25) is 0 Å². The third kappa shape index (κ3) is 4.57. The number of nitrogen functional groups attached to an aromatic ring is 1. The van der Waals surface area contributed by atoms with E-state index >= 15 is 0 Å². The first-order valence-electron chi connectivity index (χ1n) is 10.4. The van der Waals surface area contributed by atoms with E-state index in [1.165, 1.54) is 12.0 Å². The second-order valence-electron chi connectivity index (χ2n) is 7.73. The van der Waals surface area contributed by atoms with Crippen LogP contribution in [0, 0.1) is 5.92 Å². The van der Waals surface area contributed by atoms with Gasteiger partial charge in [-0.25, -0.2) is 4.98 Å². The minimum absolute atomic E-state index is 0.430. The number of nitrogens with one attached hydrogen (secondary N) is 1. The number of methoxy groups -OCH3 is 2. The summed E-state index contributed by atoms with van der Waals surface area (Å²) in [7, 11) is 3.21. The molecule has 1 unspecified atom stereocenters. The number of ether oxygens (including phenoxy) is 2. The number of anilines is 2. The molecule has 1 aromatic heterocycles. The Hall–Kier alpha value is -3.06.